The van der Waals surface area contributed by atoms with Gasteiger partial charge in [0.25, 0.3) is 0 Å². The molecule has 2 aromatic rings. The van der Waals surface area contributed by atoms with Crippen LogP contribution in [-0.4, -0.2) is 0 Å². The monoisotopic (exact) mass is 376 g/mol. The zero-order chi connectivity index (χ0) is 13.1. The molecule has 0 bridgehead atoms. The number of rotatable bonds is 3. The van der Waals surface area contributed by atoms with E-state index in [0.717, 1.165) is 9.13 Å². The van der Waals surface area contributed by atoms with Crippen LogP contribution in [0.1, 0.15) is 17.2 Å². The SMILES string of the molecule is NNC(c1cccc(I)c1)c1cc(F)ccc1Cl. The first kappa shape index (κ1) is 13.7. The van der Waals surface area contributed by atoms with Crippen LogP contribution in [0.2, 0.25) is 5.02 Å². The quantitative estimate of drug-likeness (QED) is 0.488. The van der Waals surface area contributed by atoms with E-state index < -0.39 is 0 Å². The van der Waals surface area contributed by atoms with E-state index in [9.17, 15) is 4.39 Å². The van der Waals surface area contributed by atoms with E-state index in [4.69, 9.17) is 17.4 Å². The minimum atomic E-state index is -0.333. The van der Waals surface area contributed by atoms with Crippen molar-refractivity contribution >= 4 is 34.2 Å². The molecule has 0 aliphatic heterocycles. The second-order valence-electron chi connectivity index (χ2n) is 3.82. The summed E-state index contributed by atoms with van der Waals surface area (Å²) >= 11 is 8.31. The molecule has 0 amide bonds. The maximum atomic E-state index is 13.3. The van der Waals surface area contributed by atoms with E-state index >= 15 is 0 Å². The van der Waals surface area contributed by atoms with Gasteiger partial charge in [0.15, 0.2) is 0 Å². The predicted octanol–water partition coefficient (Wildman–Crippen LogP) is 3.64. The summed E-state index contributed by atoms with van der Waals surface area (Å²) in [7, 11) is 0. The summed E-state index contributed by atoms with van der Waals surface area (Å²) in [6.07, 6.45) is 0. The summed E-state index contributed by atoms with van der Waals surface area (Å²) in [5, 5.41) is 0.484. The maximum Gasteiger partial charge on any atom is 0.123 e. The Morgan fingerprint density at radius 1 is 1.22 bits per heavy atom. The van der Waals surface area contributed by atoms with Crippen LogP contribution >= 0.6 is 34.2 Å². The van der Waals surface area contributed by atoms with Gasteiger partial charge < -0.3 is 0 Å². The lowest BCUT2D eigenvalue weighted by Crippen LogP contribution is -2.29. The van der Waals surface area contributed by atoms with Crippen molar-refractivity contribution in [1.82, 2.24) is 5.43 Å². The first-order valence-corrected chi connectivity index (χ1v) is 6.74. The van der Waals surface area contributed by atoms with Gasteiger partial charge in [-0.15, -0.1) is 0 Å². The third kappa shape index (κ3) is 3.00. The number of hydrogen-bond acceptors (Lipinski definition) is 2. The Kier molecular flexibility index (Phi) is 4.55. The van der Waals surface area contributed by atoms with Crippen molar-refractivity contribution in [3.63, 3.8) is 0 Å². The zero-order valence-electron chi connectivity index (χ0n) is 9.33. The molecule has 2 rings (SSSR count). The van der Waals surface area contributed by atoms with Gasteiger partial charge in [0.05, 0.1) is 6.04 Å². The molecular weight excluding hydrogens is 366 g/mol. The summed E-state index contributed by atoms with van der Waals surface area (Å²) in [6.45, 7) is 0. The molecule has 2 aromatic carbocycles. The first-order valence-electron chi connectivity index (χ1n) is 5.28. The molecule has 0 radical (unpaired) electrons. The van der Waals surface area contributed by atoms with Crippen LogP contribution in [0.25, 0.3) is 0 Å². The topological polar surface area (TPSA) is 38.0 Å². The Hall–Kier alpha value is -0.690. The Morgan fingerprint density at radius 3 is 2.67 bits per heavy atom. The minimum Gasteiger partial charge on any atom is -0.271 e. The minimum absolute atomic E-state index is 0.331. The van der Waals surface area contributed by atoms with Gasteiger partial charge in [-0.1, -0.05) is 23.7 Å². The molecule has 0 aliphatic rings. The van der Waals surface area contributed by atoms with E-state index in [1.54, 1.807) is 0 Å². The summed E-state index contributed by atoms with van der Waals surface area (Å²) in [5.41, 5.74) is 4.24. The average molecular weight is 377 g/mol. The number of hydrogen-bond donors (Lipinski definition) is 2. The molecule has 0 spiro atoms. The van der Waals surface area contributed by atoms with Gasteiger partial charge in [-0.25, -0.2) is 9.82 Å². The van der Waals surface area contributed by atoms with Crippen LogP contribution in [0.4, 0.5) is 4.39 Å². The lowest BCUT2D eigenvalue weighted by Gasteiger charge is -2.18. The molecule has 0 heterocycles. The number of halogens is 3. The smallest absolute Gasteiger partial charge is 0.123 e. The highest BCUT2D eigenvalue weighted by atomic mass is 127. The summed E-state index contributed by atoms with van der Waals surface area (Å²) < 4.78 is 14.4. The fourth-order valence-electron chi connectivity index (χ4n) is 1.79. The van der Waals surface area contributed by atoms with Crippen molar-refractivity contribution in [1.29, 1.82) is 0 Å². The van der Waals surface area contributed by atoms with Crippen molar-refractivity contribution in [2.75, 3.05) is 0 Å². The van der Waals surface area contributed by atoms with Gasteiger partial charge in [0, 0.05) is 8.59 Å². The summed E-state index contributed by atoms with van der Waals surface area (Å²) in [5.74, 6) is 5.24. The Morgan fingerprint density at radius 2 is 2.00 bits per heavy atom. The van der Waals surface area contributed by atoms with Crippen LogP contribution in [0.3, 0.4) is 0 Å². The Balaban J connectivity index is 2.48. The lowest BCUT2D eigenvalue weighted by atomic mass is 9.99. The van der Waals surface area contributed by atoms with E-state index in [1.807, 2.05) is 24.3 Å². The van der Waals surface area contributed by atoms with E-state index in [2.05, 4.69) is 28.0 Å². The second-order valence-corrected chi connectivity index (χ2v) is 5.47. The second kappa shape index (κ2) is 5.97. The third-order valence-electron chi connectivity index (χ3n) is 2.62. The molecular formula is C13H11ClFIN2. The normalized spacial score (nSPS) is 12.4. The highest BCUT2D eigenvalue weighted by Crippen LogP contribution is 2.29. The number of hydrazine groups is 1. The van der Waals surface area contributed by atoms with Crippen LogP contribution in [-0.2, 0) is 0 Å². The molecule has 0 aliphatic carbocycles. The number of nitrogens with two attached hydrogens (primary N) is 1. The van der Waals surface area contributed by atoms with Gasteiger partial charge in [0.2, 0.25) is 0 Å². The molecule has 5 heteroatoms. The number of nitrogens with one attached hydrogen (secondary N) is 1. The fourth-order valence-corrected chi connectivity index (χ4v) is 2.58. The van der Waals surface area contributed by atoms with E-state index in [-0.39, 0.29) is 11.9 Å². The molecule has 0 aromatic heterocycles. The molecule has 94 valence electrons. The number of benzene rings is 2. The van der Waals surface area contributed by atoms with E-state index in [1.165, 1.54) is 18.2 Å². The van der Waals surface area contributed by atoms with E-state index in [0.29, 0.717) is 10.6 Å². The van der Waals surface area contributed by atoms with Crippen molar-refractivity contribution in [3.8, 4) is 0 Å². The predicted molar refractivity (Wildman–Crippen MR) is 79.7 cm³/mol. The van der Waals surface area contributed by atoms with Gasteiger partial charge >= 0.3 is 0 Å². The van der Waals surface area contributed by atoms with Crippen LogP contribution < -0.4 is 11.3 Å². The highest BCUT2D eigenvalue weighted by molar-refractivity contribution is 14.1. The highest BCUT2D eigenvalue weighted by Gasteiger charge is 2.16. The molecule has 1 unspecified atom stereocenters. The van der Waals surface area contributed by atoms with Crippen LogP contribution in [0, 0.1) is 9.39 Å². The molecule has 0 saturated heterocycles. The summed E-state index contributed by atoms with van der Waals surface area (Å²) in [4.78, 5) is 0. The van der Waals surface area contributed by atoms with Crippen LogP contribution in [0.5, 0.6) is 0 Å². The van der Waals surface area contributed by atoms with Crippen LogP contribution in [0.15, 0.2) is 42.5 Å². The van der Waals surface area contributed by atoms with Crippen molar-refractivity contribution in [2.24, 2.45) is 5.84 Å². The molecule has 0 saturated carbocycles. The zero-order valence-corrected chi connectivity index (χ0v) is 12.2. The van der Waals surface area contributed by atoms with Gasteiger partial charge in [-0.2, -0.15) is 0 Å². The lowest BCUT2D eigenvalue weighted by molar-refractivity contribution is 0.605. The van der Waals surface area contributed by atoms with Gasteiger partial charge in [-0.3, -0.25) is 5.84 Å². The average Bonchev–Trinajstić information content (AvgIpc) is 2.35. The first-order chi connectivity index (χ1) is 8.61. The molecule has 1 atom stereocenters. The standard InChI is InChI=1S/C13H11ClFIN2/c14-12-5-4-9(15)7-11(12)13(18-17)8-2-1-3-10(16)6-8/h1-7,13,18H,17H2. The van der Waals surface area contributed by atoms with Gasteiger partial charge in [-0.05, 0) is 64.0 Å². The fraction of sp³-hybridized carbons (Fsp3) is 0.0769. The van der Waals surface area contributed by atoms with Crippen molar-refractivity contribution in [3.05, 3.63) is 68.0 Å². The van der Waals surface area contributed by atoms with Gasteiger partial charge in [0.1, 0.15) is 5.82 Å². The van der Waals surface area contributed by atoms with Crippen molar-refractivity contribution < 1.29 is 4.39 Å². The maximum absolute atomic E-state index is 13.3. The largest absolute Gasteiger partial charge is 0.271 e. The molecule has 0 fully saturated rings. The molecule has 3 N–H and O–H groups in total. The molecule has 2 nitrogen and oxygen atoms in total. The van der Waals surface area contributed by atoms with Crippen molar-refractivity contribution in [2.45, 2.75) is 6.04 Å². The third-order valence-corrected chi connectivity index (χ3v) is 3.63. The Bertz CT molecular complexity index is 562. The summed E-state index contributed by atoms with van der Waals surface area (Å²) in [6, 6.07) is 11.7. The molecule has 18 heavy (non-hydrogen) atoms. The Labute approximate surface area is 123 Å².